The van der Waals surface area contributed by atoms with Crippen LogP contribution in [0, 0.1) is 6.92 Å². The maximum absolute atomic E-state index is 12.7. The standard InChI is InChI=1S/C22H24N2O2S/c1-4-6-13-26-18-9-7-8-17(15-18)21(25)23-22-24(12-5-2)19-11-10-16(3)14-20(19)27-22/h5,7-11,14-15H,2,4,6,12-13H2,1,3H3. The number of fused-ring (bicyclic) bond motifs is 1. The molecule has 1 amide bonds. The van der Waals surface area contributed by atoms with Gasteiger partial charge in [0.1, 0.15) is 5.75 Å². The molecule has 0 unspecified atom stereocenters. The van der Waals surface area contributed by atoms with Crippen molar-refractivity contribution in [1.29, 1.82) is 0 Å². The molecule has 27 heavy (non-hydrogen) atoms. The Morgan fingerprint density at radius 2 is 2.15 bits per heavy atom. The molecule has 0 aliphatic carbocycles. The number of aryl methyl sites for hydroxylation is 1. The van der Waals surface area contributed by atoms with Crippen LogP contribution in [0.5, 0.6) is 5.75 Å². The first kappa shape index (κ1) is 19.1. The average Bonchev–Trinajstić information content (AvgIpc) is 2.99. The van der Waals surface area contributed by atoms with E-state index in [1.807, 2.05) is 22.8 Å². The second-order valence-electron chi connectivity index (χ2n) is 6.40. The van der Waals surface area contributed by atoms with E-state index in [-0.39, 0.29) is 5.91 Å². The number of rotatable bonds is 7. The van der Waals surface area contributed by atoms with E-state index in [0.717, 1.165) is 23.1 Å². The Hall–Kier alpha value is -2.66. The molecule has 0 atom stereocenters. The van der Waals surface area contributed by atoms with Gasteiger partial charge in [-0.1, -0.05) is 42.9 Å². The van der Waals surface area contributed by atoms with E-state index in [2.05, 4.69) is 43.6 Å². The third kappa shape index (κ3) is 4.55. The van der Waals surface area contributed by atoms with Crippen LogP contribution in [-0.2, 0) is 6.54 Å². The number of allylic oxidation sites excluding steroid dienone is 1. The summed E-state index contributed by atoms with van der Waals surface area (Å²) in [4.78, 5) is 17.8. The predicted octanol–water partition coefficient (Wildman–Crippen LogP) is 5.12. The SMILES string of the molecule is C=CCn1c(=NC(=O)c2cccc(OCCCC)c2)sc2cc(C)ccc21. The van der Waals surface area contributed by atoms with Crippen molar-refractivity contribution < 1.29 is 9.53 Å². The largest absolute Gasteiger partial charge is 0.494 e. The topological polar surface area (TPSA) is 43.6 Å². The molecule has 0 saturated heterocycles. The minimum atomic E-state index is -0.267. The molecule has 5 heteroatoms. The third-order valence-corrected chi connectivity index (χ3v) is 5.24. The number of thiazole rings is 1. The molecule has 0 bridgehead atoms. The molecule has 0 saturated carbocycles. The van der Waals surface area contributed by atoms with Crippen molar-refractivity contribution in [3.05, 3.63) is 71.0 Å². The number of unbranched alkanes of at least 4 members (excludes halogenated alkanes) is 1. The fourth-order valence-electron chi connectivity index (χ4n) is 2.78. The van der Waals surface area contributed by atoms with Crippen LogP contribution in [0.25, 0.3) is 10.2 Å². The number of benzene rings is 2. The summed E-state index contributed by atoms with van der Waals surface area (Å²) in [5.74, 6) is 0.437. The van der Waals surface area contributed by atoms with E-state index in [1.54, 1.807) is 12.1 Å². The van der Waals surface area contributed by atoms with Gasteiger partial charge >= 0.3 is 0 Å². The number of hydrogen-bond donors (Lipinski definition) is 0. The Bertz CT molecular complexity index is 1030. The van der Waals surface area contributed by atoms with Gasteiger partial charge < -0.3 is 9.30 Å². The number of amides is 1. The number of ether oxygens (including phenoxy) is 1. The third-order valence-electron chi connectivity index (χ3n) is 4.19. The molecule has 0 fully saturated rings. The summed E-state index contributed by atoms with van der Waals surface area (Å²) in [5.41, 5.74) is 2.78. The smallest absolute Gasteiger partial charge is 0.279 e. The first-order valence-corrected chi connectivity index (χ1v) is 9.97. The quantitative estimate of drug-likeness (QED) is 0.422. The van der Waals surface area contributed by atoms with Gasteiger partial charge in [-0.2, -0.15) is 4.99 Å². The van der Waals surface area contributed by atoms with Crippen LogP contribution < -0.4 is 9.54 Å². The van der Waals surface area contributed by atoms with Crippen molar-refractivity contribution >= 4 is 27.5 Å². The Balaban J connectivity index is 1.96. The molecule has 0 radical (unpaired) electrons. The fourth-order valence-corrected chi connectivity index (χ4v) is 3.91. The fraction of sp³-hybridized carbons (Fsp3) is 0.273. The summed E-state index contributed by atoms with van der Waals surface area (Å²) in [6.07, 6.45) is 3.88. The monoisotopic (exact) mass is 380 g/mol. The summed E-state index contributed by atoms with van der Waals surface area (Å²) >= 11 is 1.52. The summed E-state index contributed by atoms with van der Waals surface area (Å²) in [7, 11) is 0. The first-order chi connectivity index (χ1) is 13.1. The zero-order chi connectivity index (χ0) is 19.2. The molecular weight excluding hydrogens is 356 g/mol. The molecule has 1 heterocycles. The highest BCUT2D eigenvalue weighted by Gasteiger charge is 2.10. The van der Waals surface area contributed by atoms with Gasteiger partial charge in [0.15, 0.2) is 4.80 Å². The molecule has 3 aromatic rings. The minimum Gasteiger partial charge on any atom is -0.494 e. The van der Waals surface area contributed by atoms with Crippen molar-refractivity contribution in [3.8, 4) is 5.75 Å². The molecule has 1 aromatic heterocycles. The van der Waals surface area contributed by atoms with E-state index in [0.29, 0.717) is 29.3 Å². The second-order valence-corrected chi connectivity index (χ2v) is 7.41. The molecule has 0 aliphatic rings. The number of hydrogen-bond acceptors (Lipinski definition) is 3. The van der Waals surface area contributed by atoms with Gasteiger partial charge in [-0.3, -0.25) is 4.79 Å². The van der Waals surface area contributed by atoms with E-state index in [1.165, 1.54) is 16.9 Å². The van der Waals surface area contributed by atoms with Gasteiger partial charge in [-0.25, -0.2) is 0 Å². The molecule has 4 nitrogen and oxygen atoms in total. The maximum Gasteiger partial charge on any atom is 0.279 e. The van der Waals surface area contributed by atoms with Gasteiger partial charge in [0, 0.05) is 12.1 Å². The van der Waals surface area contributed by atoms with E-state index >= 15 is 0 Å². The number of nitrogens with zero attached hydrogens (tertiary/aromatic N) is 2. The predicted molar refractivity (Wildman–Crippen MR) is 111 cm³/mol. The lowest BCUT2D eigenvalue weighted by atomic mass is 10.2. The van der Waals surface area contributed by atoms with Gasteiger partial charge in [0.25, 0.3) is 5.91 Å². The highest BCUT2D eigenvalue weighted by atomic mass is 32.1. The lowest BCUT2D eigenvalue weighted by Crippen LogP contribution is -2.16. The molecule has 0 N–H and O–H groups in total. The molecular formula is C22H24N2O2S. The van der Waals surface area contributed by atoms with Gasteiger partial charge in [0.2, 0.25) is 0 Å². The van der Waals surface area contributed by atoms with Crippen LogP contribution in [0.2, 0.25) is 0 Å². The van der Waals surface area contributed by atoms with Crippen molar-refractivity contribution in [2.75, 3.05) is 6.61 Å². The molecule has 0 spiro atoms. The van der Waals surface area contributed by atoms with Gasteiger partial charge in [-0.05, 0) is 49.2 Å². The van der Waals surface area contributed by atoms with Crippen LogP contribution in [0.15, 0.2) is 60.1 Å². The Labute approximate surface area is 163 Å². The van der Waals surface area contributed by atoms with Crippen molar-refractivity contribution in [2.24, 2.45) is 4.99 Å². The van der Waals surface area contributed by atoms with Crippen molar-refractivity contribution in [1.82, 2.24) is 4.57 Å². The summed E-state index contributed by atoms with van der Waals surface area (Å²) in [6, 6.07) is 13.5. The summed E-state index contributed by atoms with van der Waals surface area (Å²) < 4.78 is 8.83. The van der Waals surface area contributed by atoms with Crippen LogP contribution >= 0.6 is 11.3 Å². The van der Waals surface area contributed by atoms with Crippen LogP contribution in [-0.4, -0.2) is 17.1 Å². The number of carbonyl (C=O) groups excluding carboxylic acids is 1. The van der Waals surface area contributed by atoms with Crippen molar-refractivity contribution in [2.45, 2.75) is 33.2 Å². The number of aromatic nitrogens is 1. The summed E-state index contributed by atoms with van der Waals surface area (Å²) in [6.45, 7) is 9.26. The molecule has 140 valence electrons. The zero-order valence-corrected chi connectivity index (χ0v) is 16.6. The van der Waals surface area contributed by atoms with Crippen molar-refractivity contribution in [3.63, 3.8) is 0 Å². The van der Waals surface area contributed by atoms with E-state index in [4.69, 9.17) is 4.74 Å². The highest BCUT2D eigenvalue weighted by Crippen LogP contribution is 2.19. The van der Waals surface area contributed by atoms with Crippen LogP contribution in [0.4, 0.5) is 0 Å². The van der Waals surface area contributed by atoms with Crippen LogP contribution in [0.1, 0.15) is 35.7 Å². The van der Waals surface area contributed by atoms with Crippen LogP contribution in [0.3, 0.4) is 0 Å². The average molecular weight is 381 g/mol. The normalized spacial score (nSPS) is 11.7. The number of carbonyl (C=O) groups is 1. The lowest BCUT2D eigenvalue weighted by Gasteiger charge is -2.06. The highest BCUT2D eigenvalue weighted by molar-refractivity contribution is 7.16. The zero-order valence-electron chi connectivity index (χ0n) is 15.8. The van der Waals surface area contributed by atoms with E-state index in [9.17, 15) is 4.79 Å². The molecule has 3 rings (SSSR count). The molecule has 2 aromatic carbocycles. The summed E-state index contributed by atoms with van der Waals surface area (Å²) in [5, 5.41) is 0. The Kier molecular flexibility index (Phi) is 6.24. The Morgan fingerprint density at radius 3 is 2.93 bits per heavy atom. The molecule has 0 aliphatic heterocycles. The van der Waals surface area contributed by atoms with Gasteiger partial charge in [0.05, 0.1) is 16.8 Å². The lowest BCUT2D eigenvalue weighted by molar-refractivity contribution is 0.0997. The maximum atomic E-state index is 12.7. The van der Waals surface area contributed by atoms with E-state index < -0.39 is 0 Å². The minimum absolute atomic E-state index is 0.267. The Morgan fingerprint density at radius 1 is 1.30 bits per heavy atom. The second kappa shape index (κ2) is 8.82. The van der Waals surface area contributed by atoms with Gasteiger partial charge in [-0.15, -0.1) is 6.58 Å². The first-order valence-electron chi connectivity index (χ1n) is 9.15.